The smallest absolute Gasteiger partial charge is 0.273 e. The second kappa shape index (κ2) is 12.3. The first-order valence-electron chi connectivity index (χ1n) is 12.8. The van der Waals surface area contributed by atoms with Crippen LogP contribution in [0.5, 0.6) is 5.75 Å². The van der Waals surface area contributed by atoms with E-state index in [0.29, 0.717) is 36.8 Å². The lowest BCUT2D eigenvalue weighted by molar-refractivity contribution is -0.123. The third-order valence-electron chi connectivity index (χ3n) is 6.40. The van der Waals surface area contributed by atoms with Crippen molar-refractivity contribution in [3.63, 3.8) is 0 Å². The quantitative estimate of drug-likeness (QED) is 0.349. The van der Waals surface area contributed by atoms with Gasteiger partial charge in [0.05, 0.1) is 18.4 Å². The molecule has 5 N–H and O–H groups in total. The minimum atomic E-state index is -1.07. The van der Waals surface area contributed by atoms with E-state index in [9.17, 15) is 14.4 Å². The van der Waals surface area contributed by atoms with E-state index in [2.05, 4.69) is 9.69 Å². The molecule has 39 heavy (non-hydrogen) atoms. The minimum Gasteiger partial charge on any atom is -0.494 e. The highest BCUT2D eigenvalue weighted by molar-refractivity contribution is 7.09. The number of nitrogen functional groups attached to an aromatic ring is 1. The summed E-state index contributed by atoms with van der Waals surface area (Å²) in [6, 6.07) is 11.6. The van der Waals surface area contributed by atoms with Gasteiger partial charge in [-0.2, -0.15) is 4.37 Å². The van der Waals surface area contributed by atoms with Crippen molar-refractivity contribution in [1.82, 2.24) is 9.69 Å². The Morgan fingerprint density at radius 2 is 1.87 bits per heavy atom. The third kappa shape index (κ3) is 6.37. The molecule has 206 valence electrons. The molecule has 4 rings (SSSR count). The topological polar surface area (TPSA) is 150 Å². The van der Waals surface area contributed by atoms with E-state index in [1.54, 1.807) is 24.3 Å². The first kappa shape index (κ1) is 28.1. The molecule has 11 heteroatoms. The highest BCUT2D eigenvalue weighted by Gasteiger charge is 2.36. The average molecular weight is 552 g/mol. The number of hydrogen-bond donors (Lipinski definition) is 3. The highest BCUT2D eigenvalue weighted by atomic mass is 32.1. The maximum atomic E-state index is 14.2. The number of carbonyl (C=O) groups excluding carboxylic acids is 3. The molecule has 3 aromatic rings. The van der Waals surface area contributed by atoms with Crippen molar-refractivity contribution >= 4 is 40.6 Å². The Bertz CT molecular complexity index is 1330. The maximum absolute atomic E-state index is 14.2. The molecule has 1 fully saturated rings. The molecule has 1 saturated heterocycles. The Labute approximate surface area is 231 Å². The number of amides is 3. The Morgan fingerprint density at radius 1 is 1.18 bits per heavy atom. The molecular formula is C28H33N5O5S. The Hall–Kier alpha value is -3.96. The van der Waals surface area contributed by atoms with Crippen LogP contribution in [0.15, 0.2) is 42.5 Å². The molecule has 10 nitrogen and oxygen atoms in total. The van der Waals surface area contributed by atoms with Crippen LogP contribution >= 0.6 is 11.5 Å². The maximum Gasteiger partial charge on any atom is 0.273 e. The van der Waals surface area contributed by atoms with Gasteiger partial charge in [0.1, 0.15) is 16.7 Å². The van der Waals surface area contributed by atoms with Crippen molar-refractivity contribution in [2.24, 2.45) is 5.73 Å². The Kier molecular flexibility index (Phi) is 8.82. The van der Waals surface area contributed by atoms with Gasteiger partial charge >= 0.3 is 0 Å². The van der Waals surface area contributed by atoms with Gasteiger partial charge in [0, 0.05) is 18.8 Å². The van der Waals surface area contributed by atoms with Gasteiger partial charge in [0.2, 0.25) is 5.91 Å². The summed E-state index contributed by atoms with van der Waals surface area (Å²) in [5, 5.41) is 2.98. The fourth-order valence-corrected chi connectivity index (χ4v) is 5.40. The zero-order chi connectivity index (χ0) is 28.1. The van der Waals surface area contributed by atoms with Crippen LogP contribution in [0.2, 0.25) is 0 Å². The number of hydrogen-bond acceptors (Lipinski definition) is 8. The summed E-state index contributed by atoms with van der Waals surface area (Å²) in [6.45, 7) is 7.17. The molecule has 0 saturated carbocycles. The van der Waals surface area contributed by atoms with Gasteiger partial charge in [0.15, 0.2) is 5.69 Å². The molecule has 0 radical (unpaired) electrons. The molecular weight excluding hydrogens is 518 g/mol. The van der Waals surface area contributed by atoms with Gasteiger partial charge in [-0.25, -0.2) is 0 Å². The monoisotopic (exact) mass is 551 g/mol. The number of nitrogens with two attached hydrogens (primary N) is 2. The zero-order valence-electron chi connectivity index (χ0n) is 22.2. The minimum absolute atomic E-state index is 0.0193. The summed E-state index contributed by atoms with van der Waals surface area (Å²) >= 11 is 0.772. The van der Waals surface area contributed by atoms with Crippen molar-refractivity contribution in [2.45, 2.75) is 45.8 Å². The van der Waals surface area contributed by atoms with Crippen LogP contribution in [-0.2, 0) is 9.53 Å². The van der Waals surface area contributed by atoms with E-state index in [1.807, 2.05) is 39.0 Å². The number of aromatic nitrogens is 1. The number of benzene rings is 2. The number of anilines is 2. The van der Waals surface area contributed by atoms with Crippen molar-refractivity contribution in [2.75, 3.05) is 30.4 Å². The molecule has 1 aromatic heterocycles. The Morgan fingerprint density at radius 3 is 2.44 bits per heavy atom. The molecule has 1 aliphatic heterocycles. The van der Waals surface area contributed by atoms with E-state index in [4.69, 9.17) is 20.9 Å². The van der Waals surface area contributed by atoms with Gasteiger partial charge in [0.25, 0.3) is 11.8 Å². The highest BCUT2D eigenvalue weighted by Crippen LogP contribution is 2.34. The summed E-state index contributed by atoms with van der Waals surface area (Å²) in [4.78, 5) is 41.4. The fraction of sp³-hybridized carbons (Fsp3) is 0.357. The first-order valence-corrected chi connectivity index (χ1v) is 13.6. The molecule has 1 aliphatic rings. The van der Waals surface area contributed by atoms with E-state index in [1.165, 1.54) is 4.90 Å². The lowest BCUT2D eigenvalue weighted by atomic mass is 10.0. The molecule has 2 heterocycles. The van der Waals surface area contributed by atoms with Crippen LogP contribution < -0.4 is 26.4 Å². The van der Waals surface area contributed by atoms with Gasteiger partial charge in [-0.1, -0.05) is 18.2 Å². The van der Waals surface area contributed by atoms with E-state index < -0.39 is 17.9 Å². The van der Waals surface area contributed by atoms with Gasteiger partial charge in [-0.3, -0.25) is 19.3 Å². The van der Waals surface area contributed by atoms with Crippen molar-refractivity contribution in [3.8, 4) is 5.75 Å². The van der Waals surface area contributed by atoms with Gasteiger partial charge in [-0.15, -0.1) is 0 Å². The summed E-state index contributed by atoms with van der Waals surface area (Å²) in [6.07, 6.45) is 1.69. The SMILES string of the molecule is CCOc1ccc([C@@H](C(=O)NC[C@@H]2CCCO2)N(C(=O)c2snc(C(N)=O)c2N)c2cc(C)cc(C)c2)cc1. The summed E-state index contributed by atoms with van der Waals surface area (Å²) in [7, 11) is 0. The standard InChI is InChI=1S/C28H33N5O5S/c1-4-37-20-9-7-18(8-10-20)24(27(35)31-15-21-6-5-11-38-21)33(19-13-16(2)12-17(3)14-19)28(36)25-22(29)23(26(30)34)32-39-25/h7-10,12-14,21,24H,4-6,11,15,29H2,1-3H3,(H2,30,34)(H,31,35)/t21-,24-/m0/s1. The molecule has 0 spiro atoms. The predicted octanol–water partition coefficient (Wildman–Crippen LogP) is 3.52. The second-order valence-corrected chi connectivity index (χ2v) is 10.2. The van der Waals surface area contributed by atoms with Crippen LogP contribution in [-0.4, -0.2) is 48.0 Å². The van der Waals surface area contributed by atoms with Crippen LogP contribution in [0.4, 0.5) is 11.4 Å². The van der Waals surface area contributed by atoms with E-state index >= 15 is 0 Å². The first-order chi connectivity index (χ1) is 18.7. The largest absolute Gasteiger partial charge is 0.494 e. The summed E-state index contributed by atoms with van der Waals surface area (Å²) < 4.78 is 15.3. The molecule has 2 aromatic carbocycles. The fourth-order valence-electron chi connectivity index (χ4n) is 4.66. The van der Waals surface area contributed by atoms with E-state index in [-0.39, 0.29) is 28.3 Å². The normalized spacial score (nSPS) is 15.5. The Balaban J connectivity index is 1.83. The number of carbonyl (C=O) groups is 3. The van der Waals surface area contributed by atoms with Crippen LogP contribution in [0.3, 0.4) is 0 Å². The average Bonchev–Trinajstić information content (AvgIpc) is 3.55. The van der Waals surface area contributed by atoms with E-state index in [0.717, 1.165) is 35.5 Å². The van der Waals surface area contributed by atoms with Crippen molar-refractivity contribution < 1.29 is 23.9 Å². The summed E-state index contributed by atoms with van der Waals surface area (Å²) in [5.41, 5.74) is 14.1. The predicted molar refractivity (Wildman–Crippen MR) is 150 cm³/mol. The number of nitrogens with zero attached hydrogens (tertiary/aromatic N) is 2. The van der Waals surface area contributed by atoms with Crippen LogP contribution in [0.1, 0.15) is 62.7 Å². The van der Waals surface area contributed by atoms with Gasteiger partial charge in [-0.05, 0) is 86.1 Å². The van der Waals surface area contributed by atoms with Gasteiger partial charge < -0.3 is 26.3 Å². The molecule has 3 amide bonds. The molecule has 0 unspecified atom stereocenters. The number of ether oxygens (including phenoxy) is 2. The number of rotatable bonds is 10. The number of aryl methyl sites for hydroxylation is 2. The molecule has 0 aliphatic carbocycles. The van der Waals surface area contributed by atoms with Crippen LogP contribution in [0.25, 0.3) is 0 Å². The molecule has 0 bridgehead atoms. The third-order valence-corrected chi connectivity index (χ3v) is 7.25. The van der Waals surface area contributed by atoms with Crippen LogP contribution in [0, 0.1) is 13.8 Å². The van der Waals surface area contributed by atoms with Crippen molar-refractivity contribution in [3.05, 3.63) is 69.7 Å². The number of nitrogens with one attached hydrogen (secondary N) is 1. The second-order valence-electron chi connectivity index (χ2n) is 9.44. The number of primary amides is 1. The lowest BCUT2D eigenvalue weighted by Gasteiger charge is -2.32. The van der Waals surface area contributed by atoms with Crippen molar-refractivity contribution in [1.29, 1.82) is 0 Å². The zero-order valence-corrected chi connectivity index (χ0v) is 23.0. The lowest BCUT2D eigenvalue weighted by Crippen LogP contribution is -2.45. The molecule has 2 atom stereocenters. The summed E-state index contributed by atoms with van der Waals surface area (Å²) in [5.74, 6) is -1.16.